The summed E-state index contributed by atoms with van der Waals surface area (Å²) in [5.41, 5.74) is 2.48. The zero-order valence-corrected chi connectivity index (χ0v) is 14.0. The maximum absolute atomic E-state index is 4.13. The van der Waals surface area contributed by atoms with E-state index < -0.39 is 0 Å². The van der Waals surface area contributed by atoms with Crippen LogP contribution in [0.1, 0.15) is 46.1 Å². The summed E-state index contributed by atoms with van der Waals surface area (Å²) >= 11 is 3.40. The van der Waals surface area contributed by atoms with Crippen molar-refractivity contribution >= 4 is 15.9 Å². The molecule has 1 aromatic carbocycles. The van der Waals surface area contributed by atoms with E-state index in [2.05, 4.69) is 79.8 Å². The Morgan fingerprint density at radius 2 is 1.53 bits per heavy atom. The largest absolute Gasteiger partial charge is 0.294 e. The molecule has 0 bridgehead atoms. The topological polar surface area (TPSA) is 17.8 Å². The number of nitrogens with zero attached hydrogens (tertiary/aromatic N) is 2. The van der Waals surface area contributed by atoms with Gasteiger partial charge in [-0.1, -0.05) is 46.8 Å². The van der Waals surface area contributed by atoms with Crippen LogP contribution in [0.5, 0.6) is 0 Å². The molecule has 1 aromatic heterocycles. The van der Waals surface area contributed by atoms with Gasteiger partial charge in [-0.3, -0.25) is 4.57 Å². The van der Waals surface area contributed by atoms with Crippen LogP contribution in [0.4, 0.5) is 0 Å². The Morgan fingerprint density at radius 3 is 1.89 bits per heavy atom. The highest BCUT2D eigenvalue weighted by Crippen LogP contribution is 2.19. The van der Waals surface area contributed by atoms with Gasteiger partial charge < -0.3 is 0 Å². The minimum absolute atomic E-state index is 0.574. The van der Waals surface area contributed by atoms with Gasteiger partial charge in [0.15, 0.2) is 4.73 Å². The highest BCUT2D eigenvalue weighted by Gasteiger charge is 2.02. The summed E-state index contributed by atoms with van der Waals surface area (Å²) in [6.45, 7) is 10.9. The Hall–Kier alpha value is -1.09. The Morgan fingerprint density at radius 1 is 1.00 bits per heavy atom. The van der Waals surface area contributed by atoms with E-state index in [-0.39, 0.29) is 0 Å². The Bertz CT molecular complexity index is 481. The van der Waals surface area contributed by atoms with Gasteiger partial charge in [-0.15, -0.1) is 0 Å². The second-order valence-corrected chi connectivity index (χ2v) is 6.25. The summed E-state index contributed by atoms with van der Waals surface area (Å²) in [5.74, 6) is 1.41. The second kappa shape index (κ2) is 7.49. The van der Waals surface area contributed by atoms with Crippen LogP contribution in [0.3, 0.4) is 0 Å². The number of hydrogen-bond acceptors (Lipinski definition) is 1. The fourth-order valence-electron chi connectivity index (χ4n) is 1.50. The lowest BCUT2D eigenvalue weighted by Crippen LogP contribution is -1.94. The summed E-state index contributed by atoms with van der Waals surface area (Å²) in [7, 11) is 0. The molecule has 0 aliphatic heterocycles. The standard InChI is InChI=1S/C12H13BrN2.C4H10/c1-9(2)10-3-5-11(6-4-10)15-8-7-14-12(15)13;1-4(2)3/h3-9H,1-2H3;4H,1-3H3. The molecule has 0 unspecified atom stereocenters. The van der Waals surface area contributed by atoms with Gasteiger partial charge in [0.1, 0.15) is 0 Å². The molecule has 0 aliphatic carbocycles. The monoisotopic (exact) mass is 322 g/mol. The third-order valence-electron chi connectivity index (χ3n) is 2.43. The lowest BCUT2D eigenvalue weighted by Gasteiger charge is -2.08. The summed E-state index contributed by atoms with van der Waals surface area (Å²) in [4.78, 5) is 4.13. The second-order valence-electron chi connectivity index (χ2n) is 5.54. The van der Waals surface area contributed by atoms with E-state index in [0.29, 0.717) is 5.92 Å². The minimum atomic E-state index is 0.574. The van der Waals surface area contributed by atoms with Crippen molar-refractivity contribution in [2.45, 2.75) is 40.5 Å². The Kier molecular flexibility index (Phi) is 6.29. The first-order valence-electron chi connectivity index (χ1n) is 6.71. The van der Waals surface area contributed by atoms with Crippen molar-refractivity contribution in [3.05, 3.63) is 47.0 Å². The van der Waals surface area contributed by atoms with E-state index in [9.17, 15) is 0 Å². The third-order valence-corrected chi connectivity index (χ3v) is 3.02. The number of rotatable bonds is 2. The normalized spacial score (nSPS) is 10.5. The smallest absolute Gasteiger partial charge is 0.181 e. The van der Waals surface area contributed by atoms with Crippen LogP contribution in [0.15, 0.2) is 41.4 Å². The molecule has 0 radical (unpaired) electrons. The molecule has 3 heteroatoms. The lowest BCUT2D eigenvalue weighted by molar-refractivity contribution is 0.737. The molecule has 0 N–H and O–H groups in total. The van der Waals surface area contributed by atoms with Gasteiger partial charge in [-0.05, 0) is 45.5 Å². The Balaban J connectivity index is 0.000000399. The number of aromatic nitrogens is 2. The average Bonchev–Trinajstić information content (AvgIpc) is 2.75. The fourth-order valence-corrected chi connectivity index (χ4v) is 1.94. The van der Waals surface area contributed by atoms with Gasteiger partial charge in [0.05, 0.1) is 0 Å². The maximum Gasteiger partial charge on any atom is 0.181 e. The van der Waals surface area contributed by atoms with Crippen molar-refractivity contribution in [1.82, 2.24) is 9.55 Å². The van der Waals surface area contributed by atoms with E-state index >= 15 is 0 Å². The summed E-state index contributed by atoms with van der Waals surface area (Å²) in [5, 5.41) is 0. The zero-order chi connectivity index (χ0) is 14.4. The molecule has 0 amide bonds. The van der Waals surface area contributed by atoms with Crippen LogP contribution in [0.25, 0.3) is 5.69 Å². The van der Waals surface area contributed by atoms with Gasteiger partial charge in [-0.25, -0.2) is 4.98 Å². The van der Waals surface area contributed by atoms with Gasteiger partial charge in [-0.2, -0.15) is 0 Å². The predicted molar refractivity (Wildman–Crippen MR) is 85.9 cm³/mol. The van der Waals surface area contributed by atoms with Crippen LogP contribution >= 0.6 is 15.9 Å². The molecule has 1 heterocycles. The van der Waals surface area contributed by atoms with Crippen LogP contribution in [-0.4, -0.2) is 9.55 Å². The van der Waals surface area contributed by atoms with E-state index in [1.165, 1.54) is 5.56 Å². The molecule has 0 fully saturated rings. The molecule has 2 aromatic rings. The van der Waals surface area contributed by atoms with Gasteiger partial charge in [0, 0.05) is 18.1 Å². The number of halogens is 1. The van der Waals surface area contributed by atoms with Gasteiger partial charge >= 0.3 is 0 Å². The van der Waals surface area contributed by atoms with Crippen molar-refractivity contribution in [2.75, 3.05) is 0 Å². The average molecular weight is 323 g/mol. The third kappa shape index (κ3) is 5.19. The SMILES string of the molecule is CC(C)C.CC(C)c1ccc(-n2ccnc2Br)cc1. The van der Waals surface area contributed by atoms with E-state index in [1.807, 2.05) is 10.8 Å². The Labute approximate surface area is 125 Å². The number of hydrogen-bond donors (Lipinski definition) is 0. The molecule has 0 spiro atoms. The maximum atomic E-state index is 4.13. The van der Waals surface area contributed by atoms with Crippen molar-refractivity contribution in [3.63, 3.8) is 0 Å². The zero-order valence-electron chi connectivity index (χ0n) is 12.4. The number of imidazole rings is 1. The summed E-state index contributed by atoms with van der Waals surface area (Å²) < 4.78 is 2.84. The molecule has 0 atom stereocenters. The van der Waals surface area contributed by atoms with E-state index in [0.717, 1.165) is 16.3 Å². The van der Waals surface area contributed by atoms with Crippen LogP contribution in [-0.2, 0) is 0 Å². The molecular weight excluding hydrogens is 300 g/mol. The first-order valence-corrected chi connectivity index (χ1v) is 7.50. The van der Waals surface area contributed by atoms with Gasteiger partial charge in [0.25, 0.3) is 0 Å². The highest BCUT2D eigenvalue weighted by atomic mass is 79.9. The number of benzene rings is 1. The van der Waals surface area contributed by atoms with Crippen molar-refractivity contribution in [1.29, 1.82) is 0 Å². The first-order chi connectivity index (χ1) is 8.91. The first kappa shape index (κ1) is 16.0. The molecule has 0 saturated carbocycles. The van der Waals surface area contributed by atoms with Crippen molar-refractivity contribution in [3.8, 4) is 5.69 Å². The highest BCUT2D eigenvalue weighted by molar-refractivity contribution is 9.10. The molecule has 2 nitrogen and oxygen atoms in total. The lowest BCUT2D eigenvalue weighted by atomic mass is 10.0. The van der Waals surface area contributed by atoms with Crippen LogP contribution in [0, 0.1) is 5.92 Å². The fraction of sp³-hybridized carbons (Fsp3) is 0.438. The molecule has 19 heavy (non-hydrogen) atoms. The molecule has 104 valence electrons. The predicted octanol–water partition coefficient (Wildman–Crippen LogP) is 5.42. The quantitative estimate of drug-likeness (QED) is 0.721. The van der Waals surface area contributed by atoms with Crippen molar-refractivity contribution in [2.24, 2.45) is 5.92 Å². The van der Waals surface area contributed by atoms with Crippen LogP contribution in [0.2, 0.25) is 0 Å². The molecule has 0 aliphatic rings. The van der Waals surface area contributed by atoms with E-state index in [4.69, 9.17) is 0 Å². The molecule has 2 rings (SSSR count). The van der Waals surface area contributed by atoms with Gasteiger partial charge in [0.2, 0.25) is 0 Å². The summed E-state index contributed by atoms with van der Waals surface area (Å²) in [6, 6.07) is 8.54. The van der Waals surface area contributed by atoms with Crippen molar-refractivity contribution < 1.29 is 0 Å². The molecular formula is C16H23BrN2. The summed E-state index contributed by atoms with van der Waals surface area (Å²) in [6.07, 6.45) is 3.72. The molecule has 0 saturated heterocycles. The van der Waals surface area contributed by atoms with Crippen LogP contribution < -0.4 is 0 Å². The minimum Gasteiger partial charge on any atom is -0.294 e. The van der Waals surface area contributed by atoms with E-state index in [1.54, 1.807) is 6.20 Å².